The lowest BCUT2D eigenvalue weighted by Gasteiger charge is -2.11. The van der Waals surface area contributed by atoms with Gasteiger partial charge in [0.25, 0.3) is 0 Å². The molecule has 0 radical (unpaired) electrons. The highest BCUT2D eigenvalue weighted by atomic mass is 32.2. The van der Waals surface area contributed by atoms with Gasteiger partial charge in [0, 0.05) is 13.1 Å². The minimum absolute atomic E-state index is 0.0619. The summed E-state index contributed by atoms with van der Waals surface area (Å²) in [6.45, 7) is 0.752. The van der Waals surface area contributed by atoms with Crippen LogP contribution in [0.5, 0.6) is 11.5 Å². The summed E-state index contributed by atoms with van der Waals surface area (Å²) in [5.41, 5.74) is 1.77. The van der Waals surface area contributed by atoms with E-state index in [-0.39, 0.29) is 10.9 Å². The summed E-state index contributed by atoms with van der Waals surface area (Å²) in [7, 11) is -0.579. The van der Waals surface area contributed by atoms with Gasteiger partial charge < -0.3 is 20.1 Å². The van der Waals surface area contributed by atoms with E-state index >= 15 is 0 Å². The molecule has 0 spiro atoms. The Labute approximate surface area is 158 Å². The SMILES string of the molecule is COc1ccc(CNC(=O)NCCc2ccc(S(N)(=O)=O)cc2)cc1OC. The summed E-state index contributed by atoms with van der Waals surface area (Å²) < 4.78 is 32.8. The average Bonchev–Trinajstić information content (AvgIpc) is 2.65. The smallest absolute Gasteiger partial charge is 0.315 e. The van der Waals surface area contributed by atoms with E-state index in [1.165, 1.54) is 12.1 Å². The monoisotopic (exact) mass is 393 g/mol. The molecule has 146 valence electrons. The Hall–Kier alpha value is -2.78. The van der Waals surface area contributed by atoms with Gasteiger partial charge in [0.2, 0.25) is 10.0 Å². The maximum absolute atomic E-state index is 11.9. The zero-order chi connectivity index (χ0) is 19.9. The molecule has 0 heterocycles. The van der Waals surface area contributed by atoms with Crippen LogP contribution in [0.3, 0.4) is 0 Å². The number of sulfonamides is 1. The van der Waals surface area contributed by atoms with Gasteiger partial charge >= 0.3 is 6.03 Å². The Kier molecular flexibility index (Phi) is 7.03. The Morgan fingerprint density at radius 2 is 1.59 bits per heavy atom. The van der Waals surface area contributed by atoms with Gasteiger partial charge in [-0.1, -0.05) is 18.2 Å². The second-order valence-electron chi connectivity index (χ2n) is 5.74. The van der Waals surface area contributed by atoms with Gasteiger partial charge in [0.05, 0.1) is 19.1 Å². The van der Waals surface area contributed by atoms with Crippen LogP contribution in [0.4, 0.5) is 4.79 Å². The summed E-state index contributed by atoms with van der Waals surface area (Å²) in [6.07, 6.45) is 0.564. The molecule has 2 amide bonds. The first kappa shape index (κ1) is 20.5. The predicted molar refractivity (Wildman–Crippen MR) is 101 cm³/mol. The third-order valence-corrected chi connectivity index (χ3v) is 4.78. The number of methoxy groups -OCH3 is 2. The number of rotatable bonds is 8. The minimum Gasteiger partial charge on any atom is -0.493 e. The summed E-state index contributed by atoms with van der Waals surface area (Å²) in [6, 6.07) is 11.3. The summed E-state index contributed by atoms with van der Waals surface area (Å²) in [5.74, 6) is 1.22. The number of primary sulfonamides is 1. The lowest BCUT2D eigenvalue weighted by Crippen LogP contribution is -2.36. The molecule has 0 unspecified atom stereocenters. The highest BCUT2D eigenvalue weighted by Gasteiger charge is 2.08. The number of carbonyl (C=O) groups is 1. The molecule has 2 aromatic rings. The molecule has 0 aliphatic rings. The number of amides is 2. The number of nitrogens with two attached hydrogens (primary N) is 1. The molecular weight excluding hydrogens is 370 g/mol. The van der Waals surface area contributed by atoms with Crippen molar-refractivity contribution in [3.63, 3.8) is 0 Å². The molecule has 2 aromatic carbocycles. The first-order valence-corrected chi connectivity index (χ1v) is 9.72. The molecule has 0 fully saturated rings. The van der Waals surface area contributed by atoms with Gasteiger partial charge in [-0.25, -0.2) is 18.4 Å². The summed E-state index contributed by atoms with van der Waals surface area (Å²) >= 11 is 0. The highest BCUT2D eigenvalue weighted by Crippen LogP contribution is 2.27. The van der Waals surface area contributed by atoms with E-state index in [0.717, 1.165) is 11.1 Å². The van der Waals surface area contributed by atoms with E-state index in [2.05, 4.69) is 10.6 Å². The fraction of sp³-hybridized carbons (Fsp3) is 0.278. The molecule has 9 heteroatoms. The number of hydrogen-bond acceptors (Lipinski definition) is 5. The van der Waals surface area contributed by atoms with E-state index in [4.69, 9.17) is 14.6 Å². The molecule has 0 aliphatic heterocycles. The second-order valence-corrected chi connectivity index (χ2v) is 7.30. The van der Waals surface area contributed by atoms with Crippen molar-refractivity contribution in [1.29, 1.82) is 0 Å². The van der Waals surface area contributed by atoms with Crippen molar-refractivity contribution in [2.45, 2.75) is 17.9 Å². The maximum atomic E-state index is 11.9. The molecule has 0 aliphatic carbocycles. The molecule has 8 nitrogen and oxygen atoms in total. The predicted octanol–water partition coefficient (Wildman–Crippen LogP) is 1.39. The minimum atomic E-state index is -3.69. The second kappa shape index (κ2) is 9.24. The Bertz CT molecular complexity index is 882. The lowest BCUT2D eigenvalue weighted by atomic mass is 10.1. The Morgan fingerprint density at radius 1 is 0.963 bits per heavy atom. The number of nitrogens with one attached hydrogen (secondary N) is 2. The molecule has 0 saturated carbocycles. The van der Waals surface area contributed by atoms with E-state index in [1.807, 2.05) is 6.07 Å². The fourth-order valence-corrected chi connectivity index (χ4v) is 2.92. The topological polar surface area (TPSA) is 120 Å². The molecule has 0 saturated heterocycles. The standard InChI is InChI=1S/C18H23N3O5S/c1-25-16-8-5-14(11-17(16)26-2)12-21-18(22)20-10-9-13-3-6-15(7-4-13)27(19,23)24/h3-8,11H,9-10,12H2,1-2H3,(H2,19,23,24)(H2,20,21,22). The van der Waals surface area contributed by atoms with Crippen molar-refractivity contribution < 1.29 is 22.7 Å². The summed E-state index contributed by atoms with van der Waals surface area (Å²) in [5, 5.41) is 10.6. The van der Waals surface area contributed by atoms with E-state index in [1.54, 1.807) is 38.5 Å². The zero-order valence-corrected chi connectivity index (χ0v) is 16.0. The Morgan fingerprint density at radius 3 is 2.19 bits per heavy atom. The van der Waals surface area contributed by atoms with Gasteiger partial charge in [-0.05, 0) is 41.8 Å². The van der Waals surface area contributed by atoms with Gasteiger partial charge in [-0.2, -0.15) is 0 Å². The van der Waals surface area contributed by atoms with Crippen molar-refractivity contribution >= 4 is 16.1 Å². The van der Waals surface area contributed by atoms with Crippen LogP contribution in [0.2, 0.25) is 0 Å². The number of urea groups is 1. The summed E-state index contributed by atoms with van der Waals surface area (Å²) in [4.78, 5) is 12.0. The van der Waals surface area contributed by atoms with Gasteiger partial charge in [-0.15, -0.1) is 0 Å². The van der Waals surface area contributed by atoms with Crippen molar-refractivity contribution in [1.82, 2.24) is 10.6 Å². The third kappa shape index (κ3) is 6.15. The molecule has 2 rings (SSSR count). The van der Waals surface area contributed by atoms with Gasteiger partial charge in [0.15, 0.2) is 11.5 Å². The van der Waals surface area contributed by atoms with E-state index in [0.29, 0.717) is 31.0 Å². The number of ether oxygens (including phenoxy) is 2. The molecule has 4 N–H and O–H groups in total. The van der Waals surface area contributed by atoms with Gasteiger partial charge in [-0.3, -0.25) is 0 Å². The first-order chi connectivity index (χ1) is 12.8. The molecular formula is C18H23N3O5S. The van der Waals surface area contributed by atoms with Crippen LogP contribution in [-0.4, -0.2) is 35.2 Å². The van der Waals surface area contributed by atoms with E-state index in [9.17, 15) is 13.2 Å². The van der Waals surface area contributed by atoms with Crippen molar-refractivity contribution in [3.05, 3.63) is 53.6 Å². The van der Waals surface area contributed by atoms with Crippen LogP contribution in [0.1, 0.15) is 11.1 Å². The average molecular weight is 393 g/mol. The quantitative estimate of drug-likeness (QED) is 0.626. The van der Waals surface area contributed by atoms with Crippen LogP contribution < -0.4 is 25.2 Å². The van der Waals surface area contributed by atoms with Crippen molar-refractivity contribution in [3.8, 4) is 11.5 Å². The highest BCUT2D eigenvalue weighted by molar-refractivity contribution is 7.89. The number of carbonyl (C=O) groups excluding carboxylic acids is 1. The van der Waals surface area contributed by atoms with E-state index < -0.39 is 10.0 Å². The van der Waals surface area contributed by atoms with Crippen LogP contribution >= 0.6 is 0 Å². The third-order valence-electron chi connectivity index (χ3n) is 3.85. The van der Waals surface area contributed by atoms with Crippen LogP contribution in [0.25, 0.3) is 0 Å². The zero-order valence-electron chi connectivity index (χ0n) is 15.2. The fourth-order valence-electron chi connectivity index (χ4n) is 2.40. The first-order valence-electron chi connectivity index (χ1n) is 8.18. The van der Waals surface area contributed by atoms with Gasteiger partial charge in [0.1, 0.15) is 0 Å². The molecule has 0 bridgehead atoms. The van der Waals surface area contributed by atoms with Crippen LogP contribution in [-0.2, 0) is 23.0 Å². The lowest BCUT2D eigenvalue weighted by molar-refractivity contribution is 0.240. The Balaban J connectivity index is 1.78. The van der Waals surface area contributed by atoms with Crippen molar-refractivity contribution in [2.75, 3.05) is 20.8 Å². The number of hydrogen-bond donors (Lipinski definition) is 3. The maximum Gasteiger partial charge on any atom is 0.315 e. The van der Waals surface area contributed by atoms with Crippen LogP contribution in [0, 0.1) is 0 Å². The molecule has 0 aromatic heterocycles. The normalized spacial score (nSPS) is 10.9. The van der Waals surface area contributed by atoms with Crippen LogP contribution in [0.15, 0.2) is 47.4 Å². The largest absolute Gasteiger partial charge is 0.493 e. The van der Waals surface area contributed by atoms with Crippen molar-refractivity contribution in [2.24, 2.45) is 5.14 Å². The molecule has 27 heavy (non-hydrogen) atoms. The molecule has 0 atom stereocenters. The number of benzene rings is 2.